The minimum Gasteiger partial charge on any atom is -0.255 e. The Morgan fingerprint density at radius 2 is 2.10 bits per heavy atom. The van der Waals surface area contributed by atoms with E-state index in [1.165, 1.54) is 5.04 Å². The van der Waals surface area contributed by atoms with E-state index < -0.39 is 0 Å². The van der Waals surface area contributed by atoms with E-state index in [1.54, 1.807) is 11.8 Å². The van der Waals surface area contributed by atoms with Crippen molar-refractivity contribution in [3.05, 3.63) is 12.3 Å². The smallest absolute Gasteiger partial charge is 0.0705 e. The normalized spacial score (nSPS) is 22.8. The van der Waals surface area contributed by atoms with Crippen LogP contribution in [-0.2, 0) is 0 Å². The topological polar surface area (TPSA) is 12.4 Å². The molecule has 0 aromatic heterocycles. The summed E-state index contributed by atoms with van der Waals surface area (Å²) in [5.74, 6) is 0. The Labute approximate surface area is 67.6 Å². The Morgan fingerprint density at radius 1 is 1.50 bits per heavy atom. The maximum atomic E-state index is 4.08. The van der Waals surface area contributed by atoms with Gasteiger partial charge >= 0.3 is 0 Å². The number of hydrogen-bond acceptors (Lipinski definition) is 2. The molecule has 1 atom stereocenters. The number of aliphatic imine (C=N–C) groups is 1. The summed E-state index contributed by atoms with van der Waals surface area (Å²) in [5.41, 5.74) is 0. The van der Waals surface area contributed by atoms with Gasteiger partial charge in [-0.15, -0.1) is 11.8 Å². The third kappa shape index (κ3) is 3.72. The molecule has 0 saturated carbocycles. The highest BCUT2D eigenvalue weighted by molar-refractivity contribution is 8.14. The summed E-state index contributed by atoms with van der Waals surface area (Å²) < 4.78 is 0. The number of hydrogen-bond donors (Lipinski definition) is 0. The highest BCUT2D eigenvalue weighted by Gasteiger charge is 2.02. The Balaban J connectivity index is 0.000000371. The molecule has 1 rings (SSSR count). The molecule has 1 nitrogen and oxygen atoms in total. The quantitative estimate of drug-likeness (QED) is 0.526. The van der Waals surface area contributed by atoms with Crippen LogP contribution in [0.5, 0.6) is 0 Å². The molecule has 0 aromatic carbocycles. The van der Waals surface area contributed by atoms with Crippen molar-refractivity contribution in [3.63, 3.8) is 0 Å². The van der Waals surface area contributed by atoms with E-state index in [0.29, 0.717) is 5.25 Å². The van der Waals surface area contributed by atoms with Crippen LogP contribution in [-0.4, -0.2) is 10.3 Å². The summed E-state index contributed by atoms with van der Waals surface area (Å²) in [6.07, 6.45) is 3.97. The minimum absolute atomic E-state index is 0.618. The van der Waals surface area contributed by atoms with Crippen LogP contribution < -0.4 is 0 Å². The largest absolute Gasteiger partial charge is 0.255 e. The molecule has 0 spiro atoms. The van der Waals surface area contributed by atoms with Gasteiger partial charge in [-0.3, -0.25) is 4.99 Å². The molecule has 1 heterocycles. The summed E-state index contributed by atoms with van der Waals surface area (Å²) in [5, 5.41) is 1.78. The fourth-order valence-electron chi connectivity index (χ4n) is 0.608. The molecule has 0 saturated heterocycles. The molecule has 10 heavy (non-hydrogen) atoms. The molecule has 58 valence electrons. The van der Waals surface area contributed by atoms with Gasteiger partial charge in [-0.2, -0.15) is 0 Å². The Kier molecular flexibility index (Phi) is 5.40. The van der Waals surface area contributed by atoms with Gasteiger partial charge in [0.1, 0.15) is 0 Å². The fourth-order valence-corrected chi connectivity index (χ4v) is 1.42. The Morgan fingerprint density at radius 3 is 2.40 bits per heavy atom. The van der Waals surface area contributed by atoms with Crippen LogP contribution >= 0.6 is 11.8 Å². The molecule has 0 fully saturated rings. The van der Waals surface area contributed by atoms with Crippen molar-refractivity contribution in [2.45, 2.75) is 32.9 Å². The minimum atomic E-state index is 0.618. The van der Waals surface area contributed by atoms with Crippen LogP contribution in [0.2, 0.25) is 0 Å². The van der Waals surface area contributed by atoms with Gasteiger partial charge < -0.3 is 0 Å². The zero-order valence-corrected chi connectivity index (χ0v) is 7.90. The lowest BCUT2D eigenvalue weighted by Crippen LogP contribution is -1.98. The number of nitrogens with zero attached hydrogens (tertiary/aromatic N) is 1. The lowest BCUT2D eigenvalue weighted by molar-refractivity contribution is 1.23. The molecule has 1 aliphatic rings. The number of rotatable bonds is 0. The summed E-state index contributed by atoms with van der Waals surface area (Å²) in [6, 6.07) is 0. The Bertz CT molecular complexity index is 138. The van der Waals surface area contributed by atoms with E-state index in [4.69, 9.17) is 0 Å². The molecule has 0 radical (unpaired) electrons. The molecule has 2 heteroatoms. The van der Waals surface area contributed by atoms with Crippen molar-refractivity contribution in [2.24, 2.45) is 4.99 Å². The lowest BCUT2D eigenvalue weighted by atomic mass is 10.4. The van der Waals surface area contributed by atoms with E-state index >= 15 is 0 Å². The first-order chi connectivity index (χ1) is 4.79. The van der Waals surface area contributed by atoms with E-state index in [2.05, 4.69) is 18.0 Å². The average Bonchev–Trinajstić information content (AvgIpc) is 1.91. The van der Waals surface area contributed by atoms with E-state index in [1.807, 2.05) is 27.0 Å². The molecule has 0 bridgehead atoms. The van der Waals surface area contributed by atoms with Crippen molar-refractivity contribution in [1.82, 2.24) is 0 Å². The van der Waals surface area contributed by atoms with Crippen molar-refractivity contribution >= 4 is 16.8 Å². The van der Waals surface area contributed by atoms with Gasteiger partial charge in [0.05, 0.1) is 5.04 Å². The second-order valence-electron chi connectivity index (χ2n) is 1.81. The van der Waals surface area contributed by atoms with E-state index in [0.717, 1.165) is 0 Å². The first kappa shape index (κ1) is 9.76. The third-order valence-corrected chi connectivity index (χ3v) is 1.95. The molecule has 0 N–H and O–H groups in total. The lowest BCUT2D eigenvalue weighted by Gasteiger charge is -2.07. The summed E-state index contributed by atoms with van der Waals surface area (Å²) in [7, 11) is 0. The molecule has 1 unspecified atom stereocenters. The standard InChI is InChI=1S/C6H9NS.C2H6/c1-5-3-4-7-6(2)8-5;1-2/h3-5H,1-2H3;1-2H3. The SMILES string of the molecule is CC.CC1=NC=CC(C)S1. The molecular formula is C8H15NS. The van der Waals surface area contributed by atoms with E-state index in [-0.39, 0.29) is 0 Å². The van der Waals surface area contributed by atoms with Crippen LogP contribution in [0.1, 0.15) is 27.7 Å². The van der Waals surface area contributed by atoms with Gasteiger partial charge in [-0.25, -0.2) is 0 Å². The first-order valence-corrected chi connectivity index (χ1v) is 4.55. The van der Waals surface area contributed by atoms with Crippen LogP contribution in [0.3, 0.4) is 0 Å². The molecular weight excluding hydrogens is 142 g/mol. The van der Waals surface area contributed by atoms with Crippen molar-refractivity contribution in [1.29, 1.82) is 0 Å². The van der Waals surface area contributed by atoms with Gasteiger partial charge in [0.15, 0.2) is 0 Å². The summed E-state index contributed by atoms with van der Waals surface area (Å²) >= 11 is 1.80. The molecule has 1 aliphatic heterocycles. The van der Waals surface area contributed by atoms with Gasteiger partial charge in [-0.05, 0) is 13.8 Å². The molecule has 0 aromatic rings. The zero-order chi connectivity index (χ0) is 7.98. The molecule has 0 aliphatic carbocycles. The second-order valence-corrected chi connectivity index (χ2v) is 3.38. The van der Waals surface area contributed by atoms with Crippen molar-refractivity contribution < 1.29 is 0 Å². The van der Waals surface area contributed by atoms with Gasteiger partial charge in [0, 0.05) is 11.4 Å². The van der Waals surface area contributed by atoms with Crippen LogP contribution in [0.15, 0.2) is 17.3 Å². The van der Waals surface area contributed by atoms with Gasteiger partial charge in [0.25, 0.3) is 0 Å². The van der Waals surface area contributed by atoms with E-state index in [9.17, 15) is 0 Å². The maximum absolute atomic E-state index is 4.08. The van der Waals surface area contributed by atoms with Crippen LogP contribution in [0.25, 0.3) is 0 Å². The predicted molar refractivity (Wildman–Crippen MR) is 50.7 cm³/mol. The van der Waals surface area contributed by atoms with Gasteiger partial charge in [-0.1, -0.05) is 19.9 Å². The second kappa shape index (κ2) is 5.54. The fraction of sp³-hybridized carbons (Fsp3) is 0.625. The average molecular weight is 157 g/mol. The number of thioether (sulfide) groups is 1. The zero-order valence-electron chi connectivity index (χ0n) is 7.09. The van der Waals surface area contributed by atoms with Crippen LogP contribution in [0.4, 0.5) is 0 Å². The van der Waals surface area contributed by atoms with Crippen LogP contribution in [0, 0.1) is 0 Å². The van der Waals surface area contributed by atoms with Crippen molar-refractivity contribution in [3.8, 4) is 0 Å². The first-order valence-electron chi connectivity index (χ1n) is 3.67. The molecule has 0 amide bonds. The van der Waals surface area contributed by atoms with Crippen molar-refractivity contribution in [2.75, 3.05) is 0 Å². The predicted octanol–water partition coefficient (Wildman–Crippen LogP) is 3.08. The maximum Gasteiger partial charge on any atom is 0.0705 e. The highest BCUT2D eigenvalue weighted by atomic mass is 32.2. The summed E-state index contributed by atoms with van der Waals surface area (Å²) in [6.45, 7) is 8.20. The monoisotopic (exact) mass is 157 g/mol. The third-order valence-electron chi connectivity index (χ3n) is 0.970. The Hall–Kier alpha value is -0.240. The summed E-state index contributed by atoms with van der Waals surface area (Å²) in [4.78, 5) is 4.08. The van der Waals surface area contributed by atoms with Gasteiger partial charge in [0.2, 0.25) is 0 Å². The highest BCUT2D eigenvalue weighted by Crippen LogP contribution is 2.17.